The van der Waals surface area contributed by atoms with Gasteiger partial charge in [0.25, 0.3) is 0 Å². The minimum absolute atomic E-state index is 0. The highest BCUT2D eigenvalue weighted by atomic mass is 127. The molecule has 0 unspecified atom stereocenters. The molecule has 5 nitrogen and oxygen atoms in total. The van der Waals surface area contributed by atoms with Gasteiger partial charge >= 0.3 is 0 Å². The number of aliphatic imine (C=N–C) groups is 1. The summed E-state index contributed by atoms with van der Waals surface area (Å²) in [6.07, 6.45) is 1.76. The molecule has 0 saturated carbocycles. The molecule has 0 aliphatic rings. The molecule has 1 heterocycles. The lowest BCUT2D eigenvalue weighted by Gasteiger charge is -2.09. The van der Waals surface area contributed by atoms with E-state index in [-0.39, 0.29) is 24.0 Å². The first kappa shape index (κ1) is 20.2. The number of nitrogens with two attached hydrogens (primary N) is 1. The van der Waals surface area contributed by atoms with Crippen molar-refractivity contribution in [3.05, 3.63) is 59.9 Å². The van der Waals surface area contributed by atoms with Gasteiger partial charge in [0, 0.05) is 12.7 Å². The van der Waals surface area contributed by atoms with E-state index in [1.807, 2.05) is 42.5 Å². The zero-order valence-electron chi connectivity index (χ0n) is 14.1. The van der Waals surface area contributed by atoms with Crippen molar-refractivity contribution in [3.63, 3.8) is 0 Å². The first-order valence-corrected chi connectivity index (χ1v) is 7.79. The number of benzene rings is 1. The first-order chi connectivity index (χ1) is 11.1. The van der Waals surface area contributed by atoms with E-state index in [0.29, 0.717) is 25.0 Å². The second-order valence-corrected chi connectivity index (χ2v) is 5.73. The smallest absolute Gasteiger partial charge is 0.188 e. The highest BCUT2D eigenvalue weighted by Crippen LogP contribution is 2.15. The van der Waals surface area contributed by atoms with Crippen LogP contribution in [0.15, 0.2) is 53.7 Å². The zero-order chi connectivity index (χ0) is 16.5. The Labute approximate surface area is 160 Å². The van der Waals surface area contributed by atoms with Crippen LogP contribution in [0.3, 0.4) is 0 Å². The lowest BCUT2D eigenvalue weighted by atomic mass is 10.2. The van der Waals surface area contributed by atoms with Crippen LogP contribution in [-0.4, -0.2) is 17.5 Å². The summed E-state index contributed by atoms with van der Waals surface area (Å²) < 4.78 is 5.76. The molecule has 6 heteroatoms. The normalized spacial score (nSPS) is 11.0. The highest BCUT2D eigenvalue weighted by Gasteiger charge is 2.00. The van der Waals surface area contributed by atoms with Gasteiger partial charge in [-0.25, -0.2) is 4.99 Å². The quantitative estimate of drug-likeness (QED) is 0.394. The molecule has 0 saturated heterocycles. The van der Waals surface area contributed by atoms with E-state index in [1.54, 1.807) is 6.20 Å². The standard InChI is InChI=1S/C18H24N4O.HI/c1-14(2)11-21-18(19)22-12-15-6-5-8-17(10-15)23-13-16-7-3-4-9-20-16;/h3-10,14H,11-13H2,1-2H3,(H3,19,21,22);1H. The summed E-state index contributed by atoms with van der Waals surface area (Å²) in [6.45, 7) is 6.05. The van der Waals surface area contributed by atoms with Gasteiger partial charge in [0.15, 0.2) is 5.96 Å². The molecule has 130 valence electrons. The average Bonchev–Trinajstić information content (AvgIpc) is 2.57. The third-order valence-electron chi connectivity index (χ3n) is 3.13. The topological polar surface area (TPSA) is 72.5 Å². The molecule has 0 amide bonds. The predicted octanol–water partition coefficient (Wildman–Crippen LogP) is 3.34. The first-order valence-electron chi connectivity index (χ1n) is 7.79. The van der Waals surface area contributed by atoms with Crippen molar-refractivity contribution >= 4 is 29.9 Å². The molecule has 24 heavy (non-hydrogen) atoms. The van der Waals surface area contributed by atoms with Crippen molar-refractivity contribution in [2.24, 2.45) is 16.6 Å². The van der Waals surface area contributed by atoms with Crippen molar-refractivity contribution in [2.75, 3.05) is 6.54 Å². The van der Waals surface area contributed by atoms with Crippen LogP contribution >= 0.6 is 24.0 Å². The van der Waals surface area contributed by atoms with Crippen LogP contribution < -0.4 is 15.8 Å². The molecular weight excluding hydrogens is 415 g/mol. The van der Waals surface area contributed by atoms with Gasteiger partial charge in [-0.2, -0.15) is 0 Å². The Bertz CT molecular complexity index is 632. The van der Waals surface area contributed by atoms with E-state index in [1.165, 1.54) is 0 Å². The van der Waals surface area contributed by atoms with E-state index in [2.05, 4.69) is 29.1 Å². The third kappa shape index (κ3) is 7.63. The Morgan fingerprint density at radius 1 is 1.25 bits per heavy atom. The van der Waals surface area contributed by atoms with Crippen molar-refractivity contribution in [1.82, 2.24) is 10.3 Å². The molecule has 0 fully saturated rings. The van der Waals surface area contributed by atoms with Gasteiger partial charge in [0.1, 0.15) is 12.4 Å². The monoisotopic (exact) mass is 440 g/mol. The van der Waals surface area contributed by atoms with Crippen LogP contribution in [0.25, 0.3) is 0 Å². The number of aromatic nitrogens is 1. The van der Waals surface area contributed by atoms with Crippen molar-refractivity contribution in [3.8, 4) is 5.75 Å². The fourth-order valence-corrected chi connectivity index (χ4v) is 1.92. The van der Waals surface area contributed by atoms with Gasteiger partial charge in [-0.15, -0.1) is 24.0 Å². The summed E-state index contributed by atoms with van der Waals surface area (Å²) >= 11 is 0. The van der Waals surface area contributed by atoms with Gasteiger partial charge < -0.3 is 15.8 Å². The van der Waals surface area contributed by atoms with E-state index in [4.69, 9.17) is 10.5 Å². The second-order valence-electron chi connectivity index (χ2n) is 5.73. The number of hydrogen-bond acceptors (Lipinski definition) is 3. The summed E-state index contributed by atoms with van der Waals surface area (Å²) in [5, 5.41) is 3.10. The number of halogens is 1. The molecule has 2 aromatic rings. The minimum atomic E-state index is 0. The number of nitrogens with one attached hydrogen (secondary N) is 1. The van der Waals surface area contributed by atoms with Crippen molar-refractivity contribution in [1.29, 1.82) is 0 Å². The van der Waals surface area contributed by atoms with Gasteiger partial charge in [-0.3, -0.25) is 4.98 Å². The maximum absolute atomic E-state index is 5.84. The summed E-state index contributed by atoms with van der Waals surface area (Å²) in [7, 11) is 0. The average molecular weight is 440 g/mol. The number of pyridine rings is 1. The number of ether oxygens (including phenoxy) is 1. The lowest BCUT2D eigenvalue weighted by molar-refractivity contribution is 0.301. The SMILES string of the molecule is CC(C)CNC(N)=NCc1cccc(OCc2ccccn2)c1.I. The second kappa shape index (κ2) is 10.9. The molecule has 0 aliphatic heterocycles. The zero-order valence-corrected chi connectivity index (χ0v) is 16.4. The van der Waals surface area contributed by atoms with E-state index >= 15 is 0 Å². The van der Waals surface area contributed by atoms with Crippen LogP contribution in [0.2, 0.25) is 0 Å². The minimum Gasteiger partial charge on any atom is -0.487 e. The van der Waals surface area contributed by atoms with Crippen LogP contribution in [-0.2, 0) is 13.2 Å². The third-order valence-corrected chi connectivity index (χ3v) is 3.13. The molecule has 1 aromatic heterocycles. The molecule has 3 N–H and O–H groups in total. The van der Waals surface area contributed by atoms with Crippen LogP contribution in [0, 0.1) is 5.92 Å². The van der Waals surface area contributed by atoms with Gasteiger partial charge in [-0.05, 0) is 35.7 Å². The Balaban J connectivity index is 0.00000288. The summed E-state index contributed by atoms with van der Waals surface area (Å²) in [5.41, 5.74) is 7.80. The van der Waals surface area contributed by atoms with Crippen LogP contribution in [0.4, 0.5) is 0 Å². The molecule has 0 bridgehead atoms. The fraction of sp³-hybridized carbons (Fsp3) is 0.333. The number of nitrogens with zero attached hydrogens (tertiary/aromatic N) is 2. The van der Waals surface area contributed by atoms with Gasteiger partial charge in [0.05, 0.1) is 12.2 Å². The van der Waals surface area contributed by atoms with E-state index < -0.39 is 0 Å². The molecular formula is C18H25IN4O. The van der Waals surface area contributed by atoms with Crippen LogP contribution in [0.1, 0.15) is 25.1 Å². The van der Waals surface area contributed by atoms with Crippen LogP contribution in [0.5, 0.6) is 5.75 Å². The Morgan fingerprint density at radius 3 is 2.79 bits per heavy atom. The van der Waals surface area contributed by atoms with Crippen molar-refractivity contribution in [2.45, 2.75) is 27.0 Å². The Morgan fingerprint density at radius 2 is 2.08 bits per heavy atom. The molecule has 0 aliphatic carbocycles. The van der Waals surface area contributed by atoms with Gasteiger partial charge in [-0.1, -0.05) is 32.0 Å². The maximum atomic E-state index is 5.84. The lowest BCUT2D eigenvalue weighted by Crippen LogP contribution is -2.34. The summed E-state index contributed by atoms with van der Waals surface area (Å²) in [4.78, 5) is 8.58. The molecule has 2 rings (SSSR count). The Kier molecular flexibility index (Phi) is 9.14. The number of hydrogen-bond donors (Lipinski definition) is 2. The molecule has 0 radical (unpaired) electrons. The van der Waals surface area contributed by atoms with Crippen molar-refractivity contribution < 1.29 is 4.74 Å². The molecule has 1 aromatic carbocycles. The summed E-state index contributed by atoms with van der Waals surface area (Å²) in [5.74, 6) is 1.81. The largest absolute Gasteiger partial charge is 0.487 e. The summed E-state index contributed by atoms with van der Waals surface area (Å²) in [6, 6.07) is 13.6. The number of rotatable bonds is 7. The predicted molar refractivity (Wildman–Crippen MR) is 109 cm³/mol. The van der Waals surface area contributed by atoms with Gasteiger partial charge in [0.2, 0.25) is 0 Å². The highest BCUT2D eigenvalue weighted by molar-refractivity contribution is 14.0. The maximum Gasteiger partial charge on any atom is 0.188 e. The fourth-order valence-electron chi connectivity index (χ4n) is 1.92. The van der Waals surface area contributed by atoms with E-state index in [9.17, 15) is 0 Å². The molecule has 0 spiro atoms. The van der Waals surface area contributed by atoms with E-state index in [0.717, 1.165) is 23.6 Å². The number of guanidine groups is 1. The molecule has 0 atom stereocenters. The Hall–Kier alpha value is -1.83.